The van der Waals surface area contributed by atoms with Crippen molar-refractivity contribution >= 4 is 35.2 Å². The van der Waals surface area contributed by atoms with Gasteiger partial charge in [0.1, 0.15) is 6.10 Å². The van der Waals surface area contributed by atoms with Gasteiger partial charge in [0.15, 0.2) is 0 Å². The molecule has 0 aliphatic carbocycles. The zero-order valence-corrected chi connectivity index (χ0v) is 14.5. The monoisotopic (exact) mass is 359 g/mol. The van der Waals surface area contributed by atoms with Crippen molar-refractivity contribution in [1.82, 2.24) is 10.9 Å². The number of benzene rings is 1. The second-order valence-electron chi connectivity index (χ2n) is 4.90. The van der Waals surface area contributed by atoms with Gasteiger partial charge < -0.3 is 10.8 Å². The molecule has 1 rings (SSSR count). The molecule has 23 heavy (non-hydrogen) atoms. The molecule has 0 heterocycles. The normalized spacial score (nSPS) is 13.2. The van der Waals surface area contributed by atoms with Crippen LogP contribution in [0.2, 0.25) is 5.02 Å². The van der Waals surface area contributed by atoms with Crippen LogP contribution in [0.5, 0.6) is 0 Å². The number of carbonyl (C=O) groups is 2. The molecule has 128 valence electrons. The third-order valence-corrected chi connectivity index (χ3v) is 4.41. The van der Waals surface area contributed by atoms with Gasteiger partial charge in [-0.05, 0) is 29.6 Å². The summed E-state index contributed by atoms with van der Waals surface area (Å²) in [5.41, 5.74) is 10.8. The summed E-state index contributed by atoms with van der Waals surface area (Å²) in [5.74, 6) is 0.550. The van der Waals surface area contributed by atoms with Crippen LogP contribution in [-0.4, -0.2) is 40.6 Å². The fourth-order valence-corrected chi connectivity index (χ4v) is 2.71. The van der Waals surface area contributed by atoms with Crippen LogP contribution in [0.4, 0.5) is 0 Å². The van der Waals surface area contributed by atoms with E-state index in [2.05, 4.69) is 10.9 Å². The molecule has 2 atom stereocenters. The molecule has 0 aliphatic rings. The molecule has 1 aromatic rings. The van der Waals surface area contributed by atoms with E-state index in [1.807, 2.05) is 6.92 Å². The van der Waals surface area contributed by atoms with Crippen molar-refractivity contribution in [1.29, 1.82) is 0 Å². The van der Waals surface area contributed by atoms with E-state index in [1.54, 1.807) is 36.0 Å². The summed E-state index contributed by atoms with van der Waals surface area (Å²) >= 11 is 7.64. The predicted octanol–water partition coefficient (Wildman–Crippen LogP) is 0.861. The molecule has 0 saturated carbocycles. The van der Waals surface area contributed by atoms with Gasteiger partial charge >= 0.3 is 0 Å². The summed E-state index contributed by atoms with van der Waals surface area (Å²) in [6.45, 7) is 2.02. The number of aliphatic hydroxyl groups excluding tert-OH is 1. The molecule has 1 aromatic carbocycles. The lowest BCUT2D eigenvalue weighted by Crippen LogP contribution is -2.52. The Bertz CT molecular complexity index is 530. The van der Waals surface area contributed by atoms with Crippen LogP contribution in [0, 0.1) is 0 Å². The molecule has 1 unspecified atom stereocenters. The number of carbonyl (C=O) groups excluding carboxylic acids is 2. The lowest BCUT2D eigenvalue weighted by molar-refractivity contribution is -0.134. The highest BCUT2D eigenvalue weighted by Crippen LogP contribution is 2.15. The van der Waals surface area contributed by atoms with E-state index >= 15 is 0 Å². The van der Waals surface area contributed by atoms with E-state index < -0.39 is 24.0 Å². The molecule has 0 saturated heterocycles. The highest BCUT2D eigenvalue weighted by Gasteiger charge is 2.23. The van der Waals surface area contributed by atoms with Crippen molar-refractivity contribution < 1.29 is 14.7 Å². The van der Waals surface area contributed by atoms with Gasteiger partial charge in [0.25, 0.3) is 5.91 Å². The Balaban J connectivity index is 2.37. The largest absolute Gasteiger partial charge is 0.382 e. The van der Waals surface area contributed by atoms with Crippen LogP contribution in [0.1, 0.15) is 18.9 Å². The van der Waals surface area contributed by atoms with Crippen molar-refractivity contribution in [2.75, 3.05) is 11.5 Å². The number of hydrogen-bond donors (Lipinski definition) is 4. The van der Waals surface area contributed by atoms with Crippen molar-refractivity contribution in [2.45, 2.75) is 31.9 Å². The zero-order valence-electron chi connectivity index (χ0n) is 12.9. The van der Waals surface area contributed by atoms with Gasteiger partial charge in [0.05, 0.1) is 6.42 Å². The fourth-order valence-electron chi connectivity index (χ4n) is 1.78. The van der Waals surface area contributed by atoms with Crippen molar-refractivity contribution in [3.8, 4) is 0 Å². The van der Waals surface area contributed by atoms with Gasteiger partial charge in [0.2, 0.25) is 5.91 Å². The third-order valence-electron chi connectivity index (χ3n) is 3.11. The number of amides is 2. The average molecular weight is 360 g/mol. The molecule has 8 heteroatoms. The van der Waals surface area contributed by atoms with Crippen LogP contribution in [0.15, 0.2) is 24.3 Å². The molecule has 2 amide bonds. The first-order valence-corrected chi connectivity index (χ1v) is 8.82. The number of nitrogens with one attached hydrogen (secondary N) is 2. The van der Waals surface area contributed by atoms with E-state index in [1.165, 1.54) is 0 Å². The van der Waals surface area contributed by atoms with Gasteiger partial charge in [-0.15, -0.1) is 0 Å². The molecule has 0 bridgehead atoms. The Labute approximate surface area is 145 Å². The van der Waals surface area contributed by atoms with Crippen LogP contribution in [0.3, 0.4) is 0 Å². The maximum absolute atomic E-state index is 11.8. The summed E-state index contributed by atoms with van der Waals surface area (Å²) in [5, 5.41) is 10.3. The Morgan fingerprint density at radius 3 is 2.70 bits per heavy atom. The van der Waals surface area contributed by atoms with Crippen LogP contribution in [-0.2, 0) is 16.0 Å². The SMILES string of the molecule is CCSCC[C@@H](N)C(O)C(=O)NNC(=O)Cc1ccccc1Cl. The first-order chi connectivity index (χ1) is 11.0. The standard InChI is InChI=1S/C15H22ClN3O3S/c1-2-23-8-7-12(17)14(21)15(22)19-18-13(20)9-10-5-3-4-6-11(10)16/h3-6,12,14,21H,2,7-9,17H2,1H3,(H,18,20)(H,19,22)/t12-,14?/m1/s1. The number of aliphatic hydroxyl groups is 1. The molecule has 0 radical (unpaired) electrons. The lowest BCUT2D eigenvalue weighted by Gasteiger charge is -2.18. The number of hydrazine groups is 1. The zero-order chi connectivity index (χ0) is 17.2. The first kappa shape index (κ1) is 19.8. The Kier molecular flexibility index (Phi) is 9.01. The third kappa shape index (κ3) is 7.22. The summed E-state index contributed by atoms with van der Waals surface area (Å²) in [6.07, 6.45) is -0.830. The van der Waals surface area contributed by atoms with Gasteiger partial charge in [-0.3, -0.25) is 20.4 Å². The van der Waals surface area contributed by atoms with Gasteiger partial charge in [0, 0.05) is 11.1 Å². The van der Waals surface area contributed by atoms with Crippen molar-refractivity contribution in [3.05, 3.63) is 34.9 Å². The Morgan fingerprint density at radius 2 is 2.04 bits per heavy atom. The van der Waals surface area contributed by atoms with E-state index in [0.29, 0.717) is 17.0 Å². The maximum Gasteiger partial charge on any atom is 0.268 e. The van der Waals surface area contributed by atoms with E-state index in [-0.39, 0.29) is 6.42 Å². The quantitative estimate of drug-likeness (QED) is 0.407. The predicted molar refractivity (Wildman–Crippen MR) is 93.0 cm³/mol. The van der Waals surface area contributed by atoms with E-state index in [4.69, 9.17) is 17.3 Å². The first-order valence-electron chi connectivity index (χ1n) is 7.29. The topological polar surface area (TPSA) is 104 Å². The summed E-state index contributed by atoms with van der Waals surface area (Å²) in [7, 11) is 0. The highest BCUT2D eigenvalue weighted by molar-refractivity contribution is 7.99. The van der Waals surface area contributed by atoms with Crippen LogP contribution >= 0.6 is 23.4 Å². The van der Waals surface area contributed by atoms with E-state index in [0.717, 1.165) is 11.5 Å². The molecule has 0 aliphatic heterocycles. The molecule has 0 fully saturated rings. The second kappa shape index (κ2) is 10.5. The minimum atomic E-state index is -1.37. The number of rotatable bonds is 8. The molecule has 0 spiro atoms. The van der Waals surface area contributed by atoms with Gasteiger partial charge in [-0.1, -0.05) is 36.7 Å². The highest BCUT2D eigenvalue weighted by atomic mass is 35.5. The lowest BCUT2D eigenvalue weighted by atomic mass is 10.1. The minimum absolute atomic E-state index is 0.0231. The van der Waals surface area contributed by atoms with Crippen LogP contribution < -0.4 is 16.6 Å². The van der Waals surface area contributed by atoms with Crippen molar-refractivity contribution in [3.63, 3.8) is 0 Å². The Hall–Kier alpha value is -1.28. The van der Waals surface area contributed by atoms with Gasteiger partial charge in [-0.2, -0.15) is 11.8 Å². The molecule has 0 aromatic heterocycles. The summed E-state index contributed by atoms with van der Waals surface area (Å²) in [4.78, 5) is 23.5. The number of nitrogens with two attached hydrogens (primary N) is 1. The second-order valence-corrected chi connectivity index (χ2v) is 6.70. The fraction of sp³-hybridized carbons (Fsp3) is 0.467. The summed E-state index contributed by atoms with van der Waals surface area (Å²) in [6, 6.07) is 6.26. The Morgan fingerprint density at radius 1 is 1.35 bits per heavy atom. The summed E-state index contributed by atoms with van der Waals surface area (Å²) < 4.78 is 0. The van der Waals surface area contributed by atoms with Crippen LogP contribution in [0.25, 0.3) is 0 Å². The maximum atomic E-state index is 11.8. The molecular formula is C15H22ClN3O3S. The average Bonchev–Trinajstić information content (AvgIpc) is 2.54. The smallest absolute Gasteiger partial charge is 0.268 e. The van der Waals surface area contributed by atoms with Crippen molar-refractivity contribution in [2.24, 2.45) is 5.73 Å². The van der Waals surface area contributed by atoms with Gasteiger partial charge in [-0.25, -0.2) is 0 Å². The van der Waals surface area contributed by atoms with E-state index in [9.17, 15) is 14.7 Å². The molecule has 5 N–H and O–H groups in total. The number of hydrogen-bond acceptors (Lipinski definition) is 5. The minimum Gasteiger partial charge on any atom is -0.382 e. The molecular weight excluding hydrogens is 338 g/mol. The number of halogens is 1. The number of thioether (sulfide) groups is 1. The molecule has 6 nitrogen and oxygen atoms in total.